The van der Waals surface area contributed by atoms with Crippen LogP contribution in [0.5, 0.6) is 23.0 Å². The number of fused-ring (bicyclic) bond motifs is 2. The van der Waals surface area contributed by atoms with Crippen LogP contribution < -0.4 is 40.2 Å². The lowest BCUT2D eigenvalue weighted by molar-refractivity contribution is -0.127. The summed E-state index contributed by atoms with van der Waals surface area (Å²) in [5, 5.41) is 43.0. The van der Waals surface area contributed by atoms with Gasteiger partial charge in [0.05, 0.1) is 107 Å². The smallest absolute Gasteiger partial charge is 0.295 e. The van der Waals surface area contributed by atoms with E-state index in [0.29, 0.717) is 23.3 Å². The second-order valence-corrected chi connectivity index (χ2v) is 35.6. The van der Waals surface area contributed by atoms with Crippen molar-refractivity contribution in [2.45, 2.75) is 83.0 Å². The molecule has 10 rings (SSSR count). The Balaban J connectivity index is 0.830. The summed E-state index contributed by atoms with van der Waals surface area (Å²) >= 11 is 0. The molecule has 4 amide bonds. The summed E-state index contributed by atoms with van der Waals surface area (Å²) in [5.74, 6) is -5.19. The normalized spacial score (nSPS) is 12.8. The van der Waals surface area contributed by atoms with Gasteiger partial charge < -0.3 is 49.7 Å². The van der Waals surface area contributed by atoms with Crippen LogP contribution in [0.15, 0.2) is 228 Å². The number of methoxy groups -OCH3 is 2. The molecule has 0 fully saturated rings. The first-order valence-corrected chi connectivity index (χ1v) is 44.9. The maximum atomic E-state index is 14.0. The summed E-state index contributed by atoms with van der Waals surface area (Å²) in [6.07, 6.45) is 0. The second-order valence-electron chi connectivity index (χ2n) is 27.2. The molecule has 0 spiro atoms. The van der Waals surface area contributed by atoms with Crippen LogP contribution in [0.4, 0.5) is 56.9 Å². The van der Waals surface area contributed by atoms with Gasteiger partial charge in [0.1, 0.15) is 55.8 Å². The molecule has 10 aromatic rings. The summed E-state index contributed by atoms with van der Waals surface area (Å²) in [4.78, 5) is 75.9. The fraction of sp³-hybridized carbons (Fsp3) is 0.205. The van der Waals surface area contributed by atoms with Crippen LogP contribution in [0.3, 0.4) is 0 Å². The highest BCUT2D eigenvalue weighted by Gasteiger charge is 2.30. The van der Waals surface area contributed by atoms with E-state index in [1.807, 2.05) is 0 Å². The topological polar surface area (TPSA) is 631 Å². The van der Waals surface area contributed by atoms with E-state index in [1.54, 1.807) is 13.8 Å². The summed E-state index contributed by atoms with van der Waals surface area (Å²) in [6.45, 7) is 7.31. The third-order valence-electron chi connectivity index (χ3n) is 18.0. The van der Waals surface area contributed by atoms with E-state index in [0.717, 1.165) is 38.1 Å². The van der Waals surface area contributed by atoms with E-state index >= 15 is 0 Å². The molecule has 0 radical (unpaired) electrons. The van der Waals surface area contributed by atoms with E-state index in [2.05, 4.69) is 62.2 Å². The molecule has 0 saturated carbocycles. The van der Waals surface area contributed by atoms with Crippen molar-refractivity contribution >= 4 is 174 Å². The Morgan fingerprint density at radius 1 is 0.333 bits per heavy atom. The number of carbonyl (C=O) groups excluding carboxylic acids is 6. The Kier molecular flexibility index (Phi) is 29.8. The molecule has 0 heterocycles. The summed E-state index contributed by atoms with van der Waals surface area (Å²) < 4.78 is 239. The molecule has 0 aliphatic carbocycles. The van der Waals surface area contributed by atoms with E-state index in [1.165, 1.54) is 149 Å². The fourth-order valence-corrected chi connectivity index (χ4v) is 16.0. The van der Waals surface area contributed by atoms with Gasteiger partial charge in [-0.1, -0.05) is 12.1 Å². The van der Waals surface area contributed by atoms with Crippen LogP contribution >= 0.6 is 0 Å². The van der Waals surface area contributed by atoms with E-state index < -0.39 is 137 Å². The molecule has 0 aliphatic rings. The molecule has 126 heavy (non-hydrogen) atoms. The monoisotopic (exact) mass is 1850 g/mol. The van der Waals surface area contributed by atoms with Gasteiger partial charge in [-0.3, -0.25) is 56.1 Å². The Bertz CT molecular complexity index is 6510. The van der Waals surface area contributed by atoms with Crippen LogP contribution in [-0.2, 0) is 89.4 Å². The van der Waals surface area contributed by atoms with E-state index in [-0.39, 0.29) is 163 Å². The number of nitrogens with zero attached hydrogens (tertiary/aromatic N) is 8. The van der Waals surface area contributed by atoms with Gasteiger partial charge in [0.15, 0.2) is 11.6 Å². The number of ether oxygens (including phenoxy) is 6. The van der Waals surface area contributed by atoms with Crippen LogP contribution in [0.1, 0.15) is 56.8 Å². The molecule has 42 nitrogen and oxygen atoms in total. The molecule has 10 aromatic carbocycles. The predicted molar refractivity (Wildman–Crippen MR) is 450 cm³/mol. The largest absolute Gasteiger partial charge is 0.495 e. The van der Waals surface area contributed by atoms with Gasteiger partial charge in [-0.25, -0.2) is 0 Å². The SMILES string of the molecule is COc1cc(S(=O)(=O)O)c(C)cc1NC(=O)C(N=Nc1ccc(C(=O)Nc2cc(C)c(N=Nc3ccc4cc(S(=O)(=O)O)cc(S(=O)(=O)O)c4c3)cc2OCCOCCOCCOc2cc(N=Nc3ccc4cc(S(=O)(=O)O)cc(S(=O)(=O)O)c4c3)c(C)cc2NC(=O)c2ccc(N=NC(C(C)=O)C(=O)Nc3cc(C)c(S(=O)(=O)O)cc3OC)cc2)cc1)C(C)=O. The summed E-state index contributed by atoms with van der Waals surface area (Å²) in [7, 11) is -27.1. The lowest BCUT2D eigenvalue weighted by Gasteiger charge is -2.16. The lowest BCUT2D eigenvalue weighted by Crippen LogP contribution is -2.32. The molecule has 10 N–H and O–H groups in total. The van der Waals surface area contributed by atoms with Gasteiger partial charge in [-0.15, -0.1) is 0 Å². The number of aryl methyl sites for hydroxylation is 4. The highest BCUT2D eigenvalue weighted by molar-refractivity contribution is 7.87. The average molecular weight is 1850 g/mol. The van der Waals surface area contributed by atoms with Crippen LogP contribution in [0, 0.1) is 27.7 Å². The minimum atomic E-state index is -5.09. The molecule has 662 valence electrons. The number of ketones is 2. The number of amides is 4. The summed E-state index contributed by atoms with van der Waals surface area (Å²) in [5.41, 5.74) is 1.41. The van der Waals surface area contributed by atoms with Crippen molar-refractivity contribution < 1.29 is 135 Å². The highest BCUT2D eigenvalue weighted by Crippen LogP contribution is 2.41. The first kappa shape index (κ1) is 95.2. The maximum Gasteiger partial charge on any atom is 0.295 e. The first-order chi connectivity index (χ1) is 59.1. The molecular formula is C78H74N12O30S6. The second kappa shape index (κ2) is 39.4. The number of hydrogen-bond donors (Lipinski definition) is 10. The third kappa shape index (κ3) is 24.5. The zero-order valence-corrected chi connectivity index (χ0v) is 71.8. The standard InChI is InChI=1S/C78H74N12O30S6/c1-41-27-63(79-75(93)47-9-15-51(16-10-47)83-89-73(45(5)91)77(95)81-61-29-43(3)69(123(103,104)105)39-65(61)115-7)67(37-59(41)87-85-53-19-13-49-31-55(121(97,98)99)35-71(57(49)33-53)125(109,110)111)119-25-23-117-21-22-118-24-26-120-68-38-60(88-86-54-20-14-50-32-56(122(100,101)102)36-72(58(50)34-54)126(112,113)114)42(2)28-64(68)80-76(94)48-11-17-52(18-12-48)84-90-74(46(6)92)78(96)82-62-30-44(4)70(124(106,107)108)40-66(62)116-8/h9-20,27-40,73-74H,21-26H2,1-8H3,(H,79,93)(H,80,94)(H,81,95)(H,82,96)(H,97,98,99)(H,100,101,102)(H,103,104,105)(H,106,107,108)(H,109,110,111)(H,112,113,114). The van der Waals surface area contributed by atoms with E-state index in [4.69, 9.17) is 28.4 Å². The van der Waals surface area contributed by atoms with Gasteiger partial charge in [0, 0.05) is 46.2 Å². The lowest BCUT2D eigenvalue weighted by atomic mass is 10.1. The third-order valence-corrected chi connectivity index (χ3v) is 23.5. The zero-order chi connectivity index (χ0) is 92.3. The Morgan fingerprint density at radius 2 is 0.651 bits per heavy atom. The van der Waals surface area contributed by atoms with Crippen molar-refractivity contribution in [1.29, 1.82) is 0 Å². The molecule has 0 aromatic heterocycles. The van der Waals surface area contributed by atoms with Crippen molar-refractivity contribution in [1.82, 2.24) is 0 Å². The Labute approximate surface area is 718 Å². The molecule has 0 aliphatic heterocycles. The summed E-state index contributed by atoms with van der Waals surface area (Å²) in [6, 6.07) is 28.1. The minimum Gasteiger partial charge on any atom is -0.495 e. The fourth-order valence-electron chi connectivity index (χ4n) is 11.9. The van der Waals surface area contributed by atoms with E-state index in [9.17, 15) is 107 Å². The Hall–Kier alpha value is -13.1. The van der Waals surface area contributed by atoms with Crippen LogP contribution in [-0.4, -0.2) is 179 Å². The number of hydrogen-bond acceptors (Lipinski definition) is 32. The molecule has 0 saturated heterocycles. The molecule has 2 unspecified atom stereocenters. The minimum absolute atomic E-state index is 0.000840. The van der Waals surface area contributed by atoms with Gasteiger partial charge in [-0.2, -0.15) is 91.4 Å². The first-order valence-electron chi connectivity index (χ1n) is 36.3. The highest BCUT2D eigenvalue weighted by atomic mass is 32.2. The number of carbonyl (C=O) groups is 6. The predicted octanol–water partition coefficient (Wildman–Crippen LogP) is 12.9. The van der Waals surface area contributed by atoms with Crippen LogP contribution in [0.2, 0.25) is 0 Å². The van der Waals surface area contributed by atoms with Crippen molar-refractivity contribution in [3.63, 3.8) is 0 Å². The molecule has 2 atom stereocenters. The number of rotatable bonds is 37. The maximum absolute atomic E-state index is 14.0. The van der Waals surface area contributed by atoms with Crippen LogP contribution in [0.25, 0.3) is 21.5 Å². The number of anilines is 4. The Morgan fingerprint density at radius 3 is 0.968 bits per heavy atom. The molecule has 48 heteroatoms. The van der Waals surface area contributed by atoms with Gasteiger partial charge in [-0.05, 0) is 196 Å². The van der Waals surface area contributed by atoms with Gasteiger partial charge in [0.25, 0.3) is 84.3 Å². The zero-order valence-electron chi connectivity index (χ0n) is 66.9. The molecular weight excluding hydrogens is 1780 g/mol. The average Bonchev–Trinajstić information content (AvgIpc) is 0.766. The van der Waals surface area contributed by atoms with Gasteiger partial charge in [0.2, 0.25) is 12.1 Å². The number of benzene rings is 10. The number of Topliss-reactive ketones (excluding diaryl/α,β-unsaturated/α-hetero) is 2. The molecule has 0 bridgehead atoms. The quantitative estimate of drug-likeness (QED) is 0.00748. The van der Waals surface area contributed by atoms with Crippen molar-refractivity contribution in [2.24, 2.45) is 40.9 Å². The number of azo groups is 4. The number of nitrogens with one attached hydrogen (secondary N) is 4. The van der Waals surface area contributed by atoms with Crippen molar-refractivity contribution in [3.05, 3.63) is 191 Å². The van der Waals surface area contributed by atoms with Gasteiger partial charge >= 0.3 is 0 Å². The van der Waals surface area contributed by atoms with Crippen molar-refractivity contribution in [2.75, 3.05) is 75.1 Å². The van der Waals surface area contributed by atoms with Crippen molar-refractivity contribution in [3.8, 4) is 23.0 Å².